The molecule has 1 heterocycles. The van der Waals surface area contributed by atoms with Crippen LogP contribution in [0.15, 0.2) is 0 Å². The van der Waals surface area contributed by atoms with Crippen LogP contribution in [0.3, 0.4) is 0 Å². The summed E-state index contributed by atoms with van der Waals surface area (Å²) in [6.07, 6.45) is 3.09. The van der Waals surface area contributed by atoms with Gasteiger partial charge in [0, 0.05) is 0 Å². The summed E-state index contributed by atoms with van der Waals surface area (Å²) in [7, 11) is -3.07. The first-order valence-electron chi connectivity index (χ1n) is 3.56. The topological polar surface area (TPSA) is 44.8 Å². The maximum Gasteiger partial charge on any atom is 0.501 e. The van der Waals surface area contributed by atoms with Crippen molar-refractivity contribution in [2.75, 3.05) is 6.61 Å². The fourth-order valence-corrected chi connectivity index (χ4v) is 1.99. The first kappa shape index (κ1) is 9.55. The molecule has 1 saturated heterocycles. The number of unbranched alkanes of at least 4 members (excludes halogenated alkanes) is 2. The van der Waals surface area contributed by atoms with Crippen molar-refractivity contribution >= 4 is 20.1 Å². The summed E-state index contributed by atoms with van der Waals surface area (Å²) in [6, 6.07) is 0. The predicted octanol–water partition coefficient (Wildman–Crippen LogP) is 2.91. The molecule has 1 fully saturated rings. The van der Waals surface area contributed by atoms with Gasteiger partial charge in [0.25, 0.3) is 0 Å². The maximum atomic E-state index is 10.9. The zero-order chi connectivity index (χ0) is 8.16. The Morgan fingerprint density at radius 1 is 1.45 bits per heavy atom. The zero-order valence-corrected chi connectivity index (χ0v) is 8.03. The molecular weight excluding hydrogens is 187 g/mol. The van der Waals surface area contributed by atoms with Gasteiger partial charge in [-0.3, -0.25) is 4.52 Å². The van der Waals surface area contributed by atoms with Gasteiger partial charge in [-0.25, -0.2) is 4.57 Å². The molecule has 0 aromatic rings. The second kappa shape index (κ2) is 4.48. The summed E-state index contributed by atoms with van der Waals surface area (Å²) in [5.74, 6) is 0. The largest absolute Gasteiger partial charge is 0.501 e. The average Bonchev–Trinajstić information content (AvgIpc) is 1.95. The molecule has 0 bridgehead atoms. The number of rotatable bonds is 5. The highest BCUT2D eigenvalue weighted by atomic mass is 32.2. The van der Waals surface area contributed by atoms with E-state index in [1.807, 2.05) is 0 Å². The van der Waals surface area contributed by atoms with Gasteiger partial charge in [0.1, 0.15) is 0 Å². The molecule has 11 heavy (non-hydrogen) atoms. The molecule has 0 aliphatic carbocycles. The van der Waals surface area contributed by atoms with Gasteiger partial charge >= 0.3 is 7.82 Å². The lowest BCUT2D eigenvalue weighted by molar-refractivity contribution is 0.191. The van der Waals surface area contributed by atoms with E-state index in [0.717, 1.165) is 31.6 Å². The number of phosphoric acid groups is 1. The van der Waals surface area contributed by atoms with Crippen molar-refractivity contribution < 1.29 is 17.0 Å². The van der Waals surface area contributed by atoms with Gasteiger partial charge in [0.05, 0.1) is 6.61 Å². The van der Waals surface area contributed by atoms with Crippen LogP contribution < -0.4 is 0 Å². The van der Waals surface area contributed by atoms with Gasteiger partial charge in [-0.2, -0.15) is 7.94 Å². The fourth-order valence-electron chi connectivity index (χ4n) is 0.652. The van der Waals surface area contributed by atoms with Gasteiger partial charge in [-0.05, 0) is 6.42 Å². The Morgan fingerprint density at radius 2 is 2.18 bits per heavy atom. The molecule has 6 heteroatoms. The minimum atomic E-state index is -3.07. The average molecular weight is 198 g/mol. The van der Waals surface area contributed by atoms with Crippen LogP contribution >= 0.6 is 20.1 Å². The van der Waals surface area contributed by atoms with Crippen molar-refractivity contribution in [2.45, 2.75) is 26.2 Å². The van der Waals surface area contributed by atoms with E-state index in [0.29, 0.717) is 6.61 Å². The normalized spacial score (nSPS) is 21.2. The lowest BCUT2D eigenvalue weighted by atomic mass is 10.3. The third-order valence-electron chi connectivity index (χ3n) is 1.24. The standard InChI is InChI=1S/C5H11O4PS/c1-2-3-4-5-7-10(6)8-11-9-10/h2-5H2,1H3. The lowest BCUT2D eigenvalue weighted by Crippen LogP contribution is -2.01. The Morgan fingerprint density at radius 3 is 2.64 bits per heavy atom. The van der Waals surface area contributed by atoms with E-state index in [-0.39, 0.29) is 0 Å². The van der Waals surface area contributed by atoms with Gasteiger partial charge in [0.15, 0.2) is 12.3 Å². The van der Waals surface area contributed by atoms with Crippen LogP contribution in [0.4, 0.5) is 0 Å². The highest BCUT2D eigenvalue weighted by molar-refractivity contribution is 8.02. The summed E-state index contributed by atoms with van der Waals surface area (Å²) in [4.78, 5) is 0. The fraction of sp³-hybridized carbons (Fsp3) is 1.00. The Hall–Kier alpha value is 0.460. The second-order valence-electron chi connectivity index (χ2n) is 2.20. The minimum Gasteiger partial charge on any atom is -0.286 e. The molecule has 0 radical (unpaired) electrons. The number of hydrogen-bond donors (Lipinski definition) is 0. The molecule has 66 valence electrons. The van der Waals surface area contributed by atoms with E-state index < -0.39 is 7.82 Å². The summed E-state index contributed by atoms with van der Waals surface area (Å²) in [5.41, 5.74) is 0. The van der Waals surface area contributed by atoms with Gasteiger partial charge in [-0.15, -0.1) is 0 Å². The van der Waals surface area contributed by atoms with Crippen molar-refractivity contribution in [1.29, 1.82) is 0 Å². The van der Waals surface area contributed by atoms with Crippen molar-refractivity contribution in [3.8, 4) is 0 Å². The third kappa shape index (κ3) is 3.13. The van der Waals surface area contributed by atoms with Gasteiger partial charge in [0.2, 0.25) is 0 Å². The van der Waals surface area contributed by atoms with Crippen LogP contribution in [0.5, 0.6) is 0 Å². The molecular formula is C5H11O4PS. The molecule has 1 aliphatic heterocycles. The highest BCUT2D eigenvalue weighted by Gasteiger charge is 2.38. The Labute approximate surface area is 70.6 Å². The van der Waals surface area contributed by atoms with Crippen LogP contribution in [0, 0.1) is 0 Å². The smallest absolute Gasteiger partial charge is 0.286 e. The predicted molar refractivity (Wildman–Crippen MR) is 42.8 cm³/mol. The monoisotopic (exact) mass is 198 g/mol. The molecule has 0 amide bonds. The molecule has 0 N–H and O–H groups in total. The summed E-state index contributed by atoms with van der Waals surface area (Å²) >= 11 is 0.720. The summed E-state index contributed by atoms with van der Waals surface area (Å²) < 4.78 is 24.9. The maximum absolute atomic E-state index is 10.9. The first-order chi connectivity index (χ1) is 5.27. The molecule has 0 spiro atoms. The van der Waals surface area contributed by atoms with Crippen molar-refractivity contribution in [3.63, 3.8) is 0 Å². The van der Waals surface area contributed by atoms with E-state index in [4.69, 9.17) is 4.52 Å². The summed E-state index contributed by atoms with van der Waals surface area (Å²) in [6.45, 7) is 2.54. The third-order valence-corrected chi connectivity index (χ3v) is 3.69. The van der Waals surface area contributed by atoms with Crippen molar-refractivity contribution in [3.05, 3.63) is 0 Å². The Bertz CT molecular complexity index is 155. The van der Waals surface area contributed by atoms with Gasteiger partial charge < -0.3 is 0 Å². The number of hydrogen-bond acceptors (Lipinski definition) is 5. The molecule has 1 aliphatic rings. The summed E-state index contributed by atoms with van der Waals surface area (Å²) in [5, 5.41) is 0. The quantitative estimate of drug-likeness (QED) is 0.386. The lowest BCUT2D eigenvalue weighted by Gasteiger charge is -2.21. The van der Waals surface area contributed by atoms with Crippen LogP contribution in [0.25, 0.3) is 0 Å². The highest BCUT2D eigenvalue weighted by Crippen LogP contribution is 2.65. The Balaban J connectivity index is 1.98. The van der Waals surface area contributed by atoms with Crippen LogP contribution in [0.2, 0.25) is 0 Å². The van der Waals surface area contributed by atoms with E-state index in [1.165, 1.54) is 0 Å². The van der Waals surface area contributed by atoms with E-state index in [2.05, 4.69) is 14.9 Å². The molecule has 1 rings (SSSR count). The van der Waals surface area contributed by atoms with E-state index >= 15 is 0 Å². The Kier molecular flexibility index (Phi) is 3.89. The zero-order valence-electron chi connectivity index (χ0n) is 6.32. The van der Waals surface area contributed by atoms with Gasteiger partial charge in [-0.1, -0.05) is 19.8 Å². The molecule has 0 saturated carbocycles. The molecule has 4 nitrogen and oxygen atoms in total. The SMILES string of the molecule is CCCCCOP1(=O)OSO1. The molecule has 0 aromatic heterocycles. The van der Waals surface area contributed by atoms with Crippen LogP contribution in [-0.2, 0) is 17.0 Å². The molecule has 0 unspecified atom stereocenters. The minimum absolute atomic E-state index is 0.450. The molecule has 0 atom stereocenters. The van der Waals surface area contributed by atoms with Crippen LogP contribution in [-0.4, -0.2) is 6.61 Å². The van der Waals surface area contributed by atoms with E-state index in [9.17, 15) is 4.57 Å². The van der Waals surface area contributed by atoms with Crippen molar-refractivity contribution in [2.24, 2.45) is 0 Å². The molecule has 0 aromatic carbocycles. The first-order valence-corrected chi connectivity index (χ1v) is 5.69. The van der Waals surface area contributed by atoms with Crippen molar-refractivity contribution in [1.82, 2.24) is 0 Å². The second-order valence-corrected chi connectivity index (χ2v) is 4.69. The van der Waals surface area contributed by atoms with E-state index in [1.54, 1.807) is 0 Å². The van der Waals surface area contributed by atoms with Crippen LogP contribution in [0.1, 0.15) is 26.2 Å².